The second-order valence-electron chi connectivity index (χ2n) is 17.9. The van der Waals surface area contributed by atoms with Crippen LogP contribution in [0.3, 0.4) is 0 Å². The third-order valence-electron chi connectivity index (χ3n) is 10.9. The molecule has 398 valence electrons. The van der Waals surface area contributed by atoms with Gasteiger partial charge in [0.05, 0.1) is 57.6 Å². The van der Waals surface area contributed by atoms with E-state index in [2.05, 4.69) is 57.7 Å². The average molecular weight is 995 g/mol. The molecule has 4 amide bonds. The quantitative estimate of drug-likeness (QED) is 0.0219. The SMILES string of the molecule is CCC(C)(CC)N=C(C)CCC(=O)OC(C)COCC(C)OC(=O)CCC(C)=NNC(=O)C(=O)NN=C(C)CCC(=O)OC(C)COCC(C)OC(=O)CCC(C)=NNC(=O)C(=O)NC(C)(CC)CC. The molecule has 0 fully saturated rings. The van der Waals surface area contributed by atoms with Gasteiger partial charge >= 0.3 is 47.5 Å². The standard InChI is InChI=1S/C48H82N8O14/c1-15-47(13,16-2)49-31(5)19-23-39(57)67-35(9)27-65-28-36(10)69-41(59)25-21-33(7)52-55-45(63)46(64)56-53-34(8)22-26-42(60)70-38(12)30-66-29-37(11)68-40(58)24-20-32(6)51-54-44(62)43(61)50-48(14,17-3)18-4/h35-38H,15-30H2,1-14H3,(H,50,61)(H,54,62)(H,55,63)(H,56,64). The Bertz CT molecular complexity index is 1840. The van der Waals surface area contributed by atoms with E-state index in [0.717, 1.165) is 18.6 Å². The molecule has 4 unspecified atom stereocenters. The van der Waals surface area contributed by atoms with Crippen molar-refractivity contribution in [3.05, 3.63) is 0 Å². The Balaban J connectivity index is 4.39. The summed E-state index contributed by atoms with van der Waals surface area (Å²) in [5, 5.41) is 14.2. The molecule has 0 heterocycles. The van der Waals surface area contributed by atoms with Crippen molar-refractivity contribution in [2.24, 2.45) is 20.3 Å². The first-order valence-electron chi connectivity index (χ1n) is 24.1. The summed E-state index contributed by atoms with van der Waals surface area (Å²) < 4.78 is 32.6. The van der Waals surface area contributed by atoms with E-state index < -0.39 is 71.5 Å². The van der Waals surface area contributed by atoms with Crippen LogP contribution in [0.25, 0.3) is 0 Å². The number of aliphatic imine (C=N–C) groups is 1. The van der Waals surface area contributed by atoms with Crippen LogP contribution in [0.1, 0.15) is 174 Å². The van der Waals surface area contributed by atoms with E-state index in [-0.39, 0.29) is 82.9 Å². The van der Waals surface area contributed by atoms with Crippen LogP contribution in [-0.2, 0) is 66.8 Å². The number of rotatable bonds is 33. The highest BCUT2D eigenvalue weighted by atomic mass is 16.6. The number of carbonyl (C=O) groups is 8. The first-order valence-corrected chi connectivity index (χ1v) is 24.1. The second kappa shape index (κ2) is 34.6. The Kier molecular flexibility index (Phi) is 31.8. The molecular formula is C48H82N8O14. The topological polar surface area (TPSA) is 289 Å². The zero-order valence-corrected chi connectivity index (χ0v) is 44.1. The van der Waals surface area contributed by atoms with E-state index in [1.54, 1.807) is 48.5 Å². The fourth-order valence-corrected chi connectivity index (χ4v) is 5.64. The van der Waals surface area contributed by atoms with Crippen molar-refractivity contribution in [2.75, 3.05) is 26.4 Å². The van der Waals surface area contributed by atoms with Crippen molar-refractivity contribution in [3.8, 4) is 0 Å². The predicted octanol–water partition coefficient (Wildman–Crippen LogP) is 5.08. The Morgan fingerprint density at radius 2 is 0.686 bits per heavy atom. The Labute approximate surface area is 414 Å². The van der Waals surface area contributed by atoms with E-state index in [1.807, 2.05) is 27.7 Å². The van der Waals surface area contributed by atoms with Crippen LogP contribution in [-0.4, -0.2) is 132 Å². The molecule has 70 heavy (non-hydrogen) atoms. The van der Waals surface area contributed by atoms with Gasteiger partial charge in [-0.2, -0.15) is 15.3 Å². The predicted molar refractivity (Wildman–Crippen MR) is 264 cm³/mol. The van der Waals surface area contributed by atoms with Crippen molar-refractivity contribution < 1.29 is 66.8 Å². The number of hydrogen-bond acceptors (Lipinski definition) is 18. The highest BCUT2D eigenvalue weighted by molar-refractivity contribution is 6.35. The summed E-state index contributed by atoms with van der Waals surface area (Å²) in [7, 11) is 0. The number of nitrogens with zero attached hydrogens (tertiary/aromatic N) is 4. The number of hydrogen-bond donors (Lipinski definition) is 4. The molecule has 0 aromatic carbocycles. The van der Waals surface area contributed by atoms with E-state index in [0.29, 0.717) is 36.4 Å². The van der Waals surface area contributed by atoms with Crippen LogP contribution < -0.4 is 21.6 Å². The van der Waals surface area contributed by atoms with Crippen LogP contribution in [0.15, 0.2) is 20.3 Å². The molecule has 22 nitrogen and oxygen atoms in total. The van der Waals surface area contributed by atoms with E-state index in [9.17, 15) is 38.4 Å². The number of hydrazone groups is 3. The van der Waals surface area contributed by atoms with Gasteiger partial charge in [0.25, 0.3) is 0 Å². The van der Waals surface area contributed by atoms with Crippen molar-refractivity contribution in [2.45, 2.75) is 209 Å². The van der Waals surface area contributed by atoms with Crippen LogP contribution in [0.2, 0.25) is 0 Å². The van der Waals surface area contributed by atoms with E-state index in [1.165, 1.54) is 0 Å². The fourth-order valence-electron chi connectivity index (χ4n) is 5.64. The number of esters is 4. The summed E-state index contributed by atoms with van der Waals surface area (Å²) >= 11 is 0. The molecule has 0 aromatic rings. The Hall–Kier alpha value is -5.64. The summed E-state index contributed by atoms with van der Waals surface area (Å²) in [6.45, 7) is 25.5. The molecular weight excluding hydrogens is 913 g/mol. The lowest BCUT2D eigenvalue weighted by atomic mass is 9.95. The summed E-state index contributed by atoms with van der Waals surface area (Å²) in [6.07, 6.45) is 1.88. The second-order valence-corrected chi connectivity index (χ2v) is 17.9. The van der Waals surface area contributed by atoms with Crippen LogP contribution in [0, 0.1) is 0 Å². The minimum Gasteiger partial charge on any atom is -0.460 e. The summed E-state index contributed by atoms with van der Waals surface area (Å²) in [5.41, 5.74) is 7.77. The van der Waals surface area contributed by atoms with Crippen LogP contribution >= 0.6 is 0 Å². The van der Waals surface area contributed by atoms with E-state index >= 15 is 0 Å². The summed E-state index contributed by atoms with van der Waals surface area (Å²) in [4.78, 5) is 103. The molecule has 0 aliphatic rings. The zero-order valence-electron chi connectivity index (χ0n) is 44.1. The van der Waals surface area contributed by atoms with Crippen molar-refractivity contribution in [1.82, 2.24) is 21.6 Å². The third kappa shape index (κ3) is 30.8. The van der Waals surface area contributed by atoms with Gasteiger partial charge in [-0.15, -0.1) is 0 Å². The first kappa shape index (κ1) is 64.4. The third-order valence-corrected chi connectivity index (χ3v) is 10.9. The largest absolute Gasteiger partial charge is 0.460 e. The molecule has 22 heteroatoms. The van der Waals surface area contributed by atoms with Gasteiger partial charge in [0.1, 0.15) is 24.4 Å². The van der Waals surface area contributed by atoms with E-state index in [4.69, 9.17) is 33.4 Å². The molecule has 0 aliphatic carbocycles. The molecule has 0 saturated carbocycles. The number of carbonyl (C=O) groups excluding carboxylic acids is 8. The minimum absolute atomic E-state index is 0.0200. The van der Waals surface area contributed by atoms with Crippen molar-refractivity contribution in [1.29, 1.82) is 0 Å². The van der Waals surface area contributed by atoms with Gasteiger partial charge < -0.3 is 33.7 Å². The van der Waals surface area contributed by atoms with Gasteiger partial charge in [-0.25, -0.2) is 16.3 Å². The normalized spacial score (nSPS) is 14.3. The van der Waals surface area contributed by atoms with Crippen LogP contribution in [0.5, 0.6) is 0 Å². The van der Waals surface area contributed by atoms with Gasteiger partial charge in [-0.05, 0) is 121 Å². The maximum absolute atomic E-state index is 12.4. The number of amides is 4. The molecule has 0 rings (SSSR count). The smallest absolute Gasteiger partial charge is 0.331 e. The maximum Gasteiger partial charge on any atom is 0.331 e. The summed E-state index contributed by atoms with van der Waals surface area (Å²) in [5.74, 6) is -5.85. The molecule has 0 spiro atoms. The Morgan fingerprint density at radius 1 is 0.414 bits per heavy atom. The lowest BCUT2D eigenvalue weighted by Gasteiger charge is -2.27. The van der Waals surface area contributed by atoms with Gasteiger partial charge in [0.2, 0.25) is 0 Å². The van der Waals surface area contributed by atoms with Crippen molar-refractivity contribution >= 4 is 70.4 Å². The first-order chi connectivity index (χ1) is 32.8. The molecule has 0 aromatic heterocycles. The lowest BCUT2D eigenvalue weighted by Crippen LogP contribution is -2.50. The zero-order chi connectivity index (χ0) is 53.5. The monoisotopic (exact) mass is 995 g/mol. The molecule has 0 saturated heterocycles. The lowest BCUT2D eigenvalue weighted by molar-refractivity contribution is -0.156. The number of nitrogens with one attached hydrogen (secondary N) is 4. The average Bonchev–Trinajstić information content (AvgIpc) is 3.30. The van der Waals surface area contributed by atoms with Crippen LogP contribution in [0.4, 0.5) is 0 Å². The molecule has 0 radical (unpaired) electrons. The van der Waals surface area contributed by atoms with Gasteiger partial charge in [-0.1, -0.05) is 27.7 Å². The Morgan fingerprint density at radius 3 is 0.957 bits per heavy atom. The highest BCUT2D eigenvalue weighted by Gasteiger charge is 2.26. The molecule has 4 N–H and O–H groups in total. The maximum atomic E-state index is 12.4. The molecule has 4 atom stereocenters. The summed E-state index contributed by atoms with van der Waals surface area (Å²) in [6, 6.07) is 0. The van der Waals surface area contributed by atoms with Gasteiger partial charge in [-0.3, -0.25) is 43.3 Å². The van der Waals surface area contributed by atoms with Gasteiger partial charge in [0.15, 0.2) is 0 Å². The minimum atomic E-state index is -1.10. The number of ether oxygens (including phenoxy) is 6. The van der Waals surface area contributed by atoms with Gasteiger partial charge in [0, 0.05) is 28.4 Å². The van der Waals surface area contributed by atoms with Crippen molar-refractivity contribution in [3.63, 3.8) is 0 Å². The fraction of sp³-hybridized carbons (Fsp3) is 0.750. The molecule has 0 aliphatic heterocycles. The highest BCUT2D eigenvalue weighted by Crippen LogP contribution is 2.20. The molecule has 0 bridgehead atoms.